The van der Waals surface area contributed by atoms with E-state index in [4.69, 9.17) is 42.7 Å². The third-order valence-electron chi connectivity index (χ3n) is 7.44. The molecule has 0 saturated heterocycles. The van der Waals surface area contributed by atoms with Gasteiger partial charge in [-0.1, -0.05) is 126 Å². The summed E-state index contributed by atoms with van der Waals surface area (Å²) in [6, 6.07) is 35.0. The SMILES string of the molecule is BrCc1cccc(Br)c1.Brc1cccc(Cn2cncn2)c1.COc1ccc(-c2cccc(Cn3cncn3)c2)cc1Cl.COc1ccc(B(O)O)cc1Cl. The number of ether oxygens (including phenoxy) is 2. The Morgan fingerprint density at radius 3 is 1.56 bits per heavy atom. The highest BCUT2D eigenvalue weighted by atomic mass is 79.9. The van der Waals surface area contributed by atoms with Gasteiger partial charge in [-0.25, -0.2) is 19.3 Å². The molecule has 55 heavy (non-hydrogen) atoms. The van der Waals surface area contributed by atoms with Gasteiger partial charge in [0.05, 0.1) is 37.4 Å². The van der Waals surface area contributed by atoms with E-state index in [1.165, 1.54) is 43.0 Å². The first-order valence-corrected chi connectivity index (χ1v) is 19.9. The maximum Gasteiger partial charge on any atom is 0.488 e. The predicted molar refractivity (Wildman–Crippen MR) is 230 cm³/mol. The molecule has 0 unspecified atom stereocenters. The molecule has 10 nitrogen and oxygen atoms in total. The third-order valence-corrected chi connectivity index (χ3v) is 9.67. The number of hydrogen-bond donors (Lipinski definition) is 2. The average Bonchev–Trinajstić information content (AvgIpc) is 3.91. The molecule has 0 amide bonds. The van der Waals surface area contributed by atoms with E-state index in [1.807, 2.05) is 48.5 Å². The second-order valence-electron chi connectivity index (χ2n) is 11.4. The molecule has 0 radical (unpaired) electrons. The predicted octanol–water partition coefficient (Wildman–Crippen LogP) is 9.12. The zero-order chi connectivity index (χ0) is 39.6. The third kappa shape index (κ3) is 14.9. The highest BCUT2D eigenvalue weighted by molar-refractivity contribution is 9.10. The van der Waals surface area contributed by atoms with E-state index < -0.39 is 7.12 Å². The molecular formula is C39H36BBr3Cl2N6O4. The lowest BCUT2D eigenvalue weighted by molar-refractivity contribution is 0.414. The molecule has 0 aliphatic rings. The zero-order valence-electron chi connectivity index (χ0n) is 29.7. The van der Waals surface area contributed by atoms with Gasteiger partial charge >= 0.3 is 7.12 Å². The molecule has 0 spiro atoms. The highest BCUT2D eigenvalue weighted by Gasteiger charge is 2.12. The normalized spacial score (nSPS) is 10.1. The Balaban J connectivity index is 0.000000172. The van der Waals surface area contributed by atoms with E-state index in [-0.39, 0.29) is 0 Å². The van der Waals surface area contributed by atoms with Crippen molar-refractivity contribution in [3.05, 3.63) is 170 Å². The maximum absolute atomic E-state index is 8.77. The summed E-state index contributed by atoms with van der Waals surface area (Å²) in [6.07, 6.45) is 6.49. The molecule has 0 saturated carbocycles. The molecule has 2 heterocycles. The largest absolute Gasteiger partial charge is 0.495 e. The number of alkyl halides is 1. The van der Waals surface area contributed by atoms with Crippen molar-refractivity contribution in [2.75, 3.05) is 14.2 Å². The van der Waals surface area contributed by atoms with Gasteiger partial charge in [-0.05, 0) is 87.9 Å². The smallest absolute Gasteiger partial charge is 0.488 e. The Bertz CT molecular complexity index is 2200. The lowest BCUT2D eigenvalue weighted by Gasteiger charge is -2.08. The van der Waals surface area contributed by atoms with Crippen molar-refractivity contribution in [2.45, 2.75) is 18.4 Å². The summed E-state index contributed by atoms with van der Waals surface area (Å²) in [6.45, 7) is 1.46. The molecule has 5 aromatic carbocycles. The van der Waals surface area contributed by atoms with Crippen molar-refractivity contribution < 1.29 is 19.5 Å². The molecule has 0 aliphatic carbocycles. The monoisotopic (exact) mass is 970 g/mol. The molecule has 7 aromatic rings. The fraction of sp³-hybridized carbons (Fsp3) is 0.128. The highest BCUT2D eigenvalue weighted by Crippen LogP contribution is 2.30. The van der Waals surface area contributed by atoms with E-state index in [0.29, 0.717) is 33.6 Å². The Kier molecular flexibility index (Phi) is 18.4. The number of hydrogen-bond acceptors (Lipinski definition) is 8. The van der Waals surface area contributed by atoms with Crippen LogP contribution >= 0.6 is 71.0 Å². The molecular weight excluding hydrogens is 938 g/mol. The topological polar surface area (TPSA) is 120 Å². The van der Waals surface area contributed by atoms with Crippen LogP contribution in [0.3, 0.4) is 0 Å². The Morgan fingerprint density at radius 1 is 0.618 bits per heavy atom. The maximum atomic E-state index is 8.77. The fourth-order valence-electron chi connectivity index (χ4n) is 4.80. The van der Waals surface area contributed by atoms with Crippen LogP contribution in [-0.2, 0) is 18.4 Å². The number of halogens is 5. The summed E-state index contributed by atoms with van der Waals surface area (Å²) < 4.78 is 15.9. The van der Waals surface area contributed by atoms with Gasteiger partial charge in [0.2, 0.25) is 0 Å². The first kappa shape index (κ1) is 43.7. The van der Waals surface area contributed by atoms with Crippen LogP contribution in [0, 0.1) is 0 Å². The molecule has 0 aliphatic heterocycles. The minimum Gasteiger partial charge on any atom is -0.495 e. The number of nitrogens with zero attached hydrogens (tertiary/aromatic N) is 6. The summed E-state index contributed by atoms with van der Waals surface area (Å²) in [5, 5.41) is 27.6. The summed E-state index contributed by atoms with van der Waals surface area (Å²) in [5.74, 6) is 1.19. The Hall–Kier alpha value is -4.02. The summed E-state index contributed by atoms with van der Waals surface area (Å²) in [7, 11) is 1.61. The molecule has 7 rings (SSSR count). The van der Waals surface area contributed by atoms with Crippen molar-refractivity contribution in [1.29, 1.82) is 0 Å². The lowest BCUT2D eigenvalue weighted by Crippen LogP contribution is -2.29. The van der Waals surface area contributed by atoms with Crippen LogP contribution in [0.15, 0.2) is 143 Å². The van der Waals surface area contributed by atoms with Crippen molar-refractivity contribution in [2.24, 2.45) is 0 Å². The van der Waals surface area contributed by atoms with E-state index in [1.54, 1.807) is 35.2 Å². The second-order valence-corrected chi connectivity index (χ2v) is 14.6. The van der Waals surface area contributed by atoms with Crippen LogP contribution in [0.1, 0.15) is 16.7 Å². The van der Waals surface area contributed by atoms with Crippen molar-refractivity contribution in [1.82, 2.24) is 29.5 Å². The number of benzene rings is 5. The zero-order valence-corrected chi connectivity index (χ0v) is 36.0. The van der Waals surface area contributed by atoms with Crippen molar-refractivity contribution >= 4 is 83.6 Å². The van der Waals surface area contributed by atoms with Crippen LogP contribution in [-0.4, -0.2) is 60.9 Å². The van der Waals surface area contributed by atoms with Gasteiger partial charge in [-0.2, -0.15) is 10.2 Å². The average molecular weight is 974 g/mol. The fourth-order valence-corrected chi connectivity index (χ4v) is 6.56. The molecule has 2 aromatic heterocycles. The molecule has 0 atom stereocenters. The molecule has 16 heteroatoms. The molecule has 0 fully saturated rings. The van der Waals surface area contributed by atoms with Crippen LogP contribution < -0.4 is 14.9 Å². The Morgan fingerprint density at radius 2 is 1.11 bits per heavy atom. The first-order valence-electron chi connectivity index (χ1n) is 16.4. The van der Waals surface area contributed by atoms with Crippen LogP contribution in [0.2, 0.25) is 10.0 Å². The van der Waals surface area contributed by atoms with E-state index in [0.717, 1.165) is 37.5 Å². The van der Waals surface area contributed by atoms with E-state index in [2.05, 4.69) is 110 Å². The number of rotatable bonds is 9. The first-order chi connectivity index (χ1) is 26.6. The minimum absolute atomic E-state index is 0.348. The second kappa shape index (κ2) is 23.1. The van der Waals surface area contributed by atoms with E-state index in [9.17, 15) is 0 Å². The summed E-state index contributed by atoms with van der Waals surface area (Å²) >= 11 is 22.1. The summed E-state index contributed by atoms with van der Waals surface area (Å²) in [4.78, 5) is 7.83. The molecule has 2 N–H and O–H groups in total. The van der Waals surface area contributed by atoms with Gasteiger partial charge in [0.25, 0.3) is 0 Å². The quantitative estimate of drug-likeness (QED) is 0.109. The summed E-state index contributed by atoms with van der Waals surface area (Å²) in [5.41, 5.74) is 6.17. The van der Waals surface area contributed by atoms with Gasteiger partial charge in [0, 0.05) is 14.3 Å². The lowest BCUT2D eigenvalue weighted by atomic mass is 9.80. The van der Waals surface area contributed by atoms with Crippen LogP contribution in [0.4, 0.5) is 0 Å². The Labute approximate surface area is 355 Å². The van der Waals surface area contributed by atoms with Gasteiger partial charge in [0.1, 0.15) is 36.8 Å². The number of aromatic nitrogens is 6. The van der Waals surface area contributed by atoms with Crippen molar-refractivity contribution in [3.8, 4) is 22.6 Å². The molecule has 0 bridgehead atoms. The molecule has 284 valence electrons. The van der Waals surface area contributed by atoms with Crippen molar-refractivity contribution in [3.63, 3.8) is 0 Å². The minimum atomic E-state index is -1.49. The van der Waals surface area contributed by atoms with Crippen LogP contribution in [0.25, 0.3) is 11.1 Å². The van der Waals surface area contributed by atoms with Gasteiger partial charge in [-0.15, -0.1) is 0 Å². The van der Waals surface area contributed by atoms with E-state index >= 15 is 0 Å². The van der Waals surface area contributed by atoms with Gasteiger partial charge in [-0.3, -0.25) is 0 Å². The van der Waals surface area contributed by atoms with Gasteiger partial charge < -0.3 is 19.5 Å². The standard InChI is InChI=1S/C16H14ClN3O.C9H8BrN3.C7H8BClO3.C7H6Br2/c1-21-16-6-5-14(8-15(16)17)13-4-2-3-12(7-13)9-20-11-18-10-19-20;10-9-3-1-2-8(4-9)5-13-7-11-6-12-13;1-12-7-3-2-5(8(10)11)4-6(7)9;8-5-6-2-1-3-7(9)4-6/h2-8,10-11H,9H2,1H3;1-4,6-7H,5H2;2-4,10-11H,1H3;1-4H,5H2. The number of methoxy groups -OCH3 is 2. The van der Waals surface area contributed by atoms with Crippen LogP contribution in [0.5, 0.6) is 11.5 Å². The van der Waals surface area contributed by atoms with Gasteiger partial charge in [0.15, 0.2) is 0 Å².